The van der Waals surface area contributed by atoms with Crippen molar-refractivity contribution >= 4 is 55.2 Å². The molecule has 2 aromatic heterocycles. The van der Waals surface area contributed by atoms with Gasteiger partial charge in [0.1, 0.15) is 10.0 Å². The van der Waals surface area contributed by atoms with Gasteiger partial charge in [-0.25, -0.2) is 17.4 Å². The van der Waals surface area contributed by atoms with Crippen molar-refractivity contribution in [3.8, 4) is 0 Å². The molecule has 24 heavy (non-hydrogen) atoms. The molecule has 2 heterocycles. The van der Waals surface area contributed by atoms with E-state index in [1.807, 2.05) is 0 Å². The number of fused-ring (bicyclic) bond motifs is 1. The van der Waals surface area contributed by atoms with E-state index in [-0.39, 0.29) is 33.5 Å². The molecular formula is C13H10Cl2N2O5S2. The minimum atomic E-state index is -4.63. The number of hydrogen-bond donors (Lipinski definition) is 1. The molecule has 1 N–H and O–H groups in total. The lowest BCUT2D eigenvalue weighted by atomic mass is 10.3. The van der Waals surface area contributed by atoms with Crippen molar-refractivity contribution in [3.05, 3.63) is 53.8 Å². The second-order valence-electron chi connectivity index (χ2n) is 4.59. The summed E-state index contributed by atoms with van der Waals surface area (Å²) >= 11 is 5.78. The fourth-order valence-corrected chi connectivity index (χ4v) is 4.34. The summed E-state index contributed by atoms with van der Waals surface area (Å²) in [5.74, 6) is 0. The molecule has 0 bridgehead atoms. The van der Waals surface area contributed by atoms with Gasteiger partial charge in [-0.15, -0.1) is 12.4 Å². The summed E-state index contributed by atoms with van der Waals surface area (Å²) in [6, 6.07) is 10.0. The first-order valence-electron chi connectivity index (χ1n) is 6.17. The Kier molecular flexibility index (Phi) is 4.93. The Bertz CT molecular complexity index is 1110. The summed E-state index contributed by atoms with van der Waals surface area (Å²) in [7, 11) is -8.73. The molecule has 0 saturated carbocycles. The summed E-state index contributed by atoms with van der Waals surface area (Å²) in [6.45, 7) is 0. The van der Waals surface area contributed by atoms with Crippen molar-refractivity contribution in [2.24, 2.45) is 0 Å². The molecule has 11 heteroatoms. The van der Waals surface area contributed by atoms with Crippen LogP contribution in [0.15, 0.2) is 58.5 Å². The predicted octanol–water partition coefficient (Wildman–Crippen LogP) is 2.60. The van der Waals surface area contributed by atoms with Crippen LogP contribution in [0, 0.1) is 0 Å². The Balaban J connectivity index is 0.00000208. The van der Waals surface area contributed by atoms with Gasteiger partial charge in [0.25, 0.3) is 20.1 Å². The van der Waals surface area contributed by atoms with E-state index >= 15 is 0 Å². The molecule has 0 spiro atoms. The van der Waals surface area contributed by atoms with Gasteiger partial charge in [0, 0.05) is 11.6 Å². The highest BCUT2D eigenvalue weighted by Crippen LogP contribution is 2.28. The van der Waals surface area contributed by atoms with Crippen molar-refractivity contribution in [1.82, 2.24) is 8.96 Å². The third kappa shape index (κ3) is 3.13. The van der Waals surface area contributed by atoms with Crippen LogP contribution in [0.3, 0.4) is 0 Å². The molecule has 0 unspecified atom stereocenters. The minimum absolute atomic E-state index is 0. The Hall–Kier alpha value is -1.65. The maximum atomic E-state index is 12.7. The van der Waals surface area contributed by atoms with Gasteiger partial charge in [-0.1, -0.05) is 29.8 Å². The molecule has 0 radical (unpaired) electrons. The number of benzene rings is 1. The number of nitrogens with zero attached hydrogens (tertiary/aromatic N) is 2. The van der Waals surface area contributed by atoms with Gasteiger partial charge in [0.2, 0.25) is 0 Å². The maximum absolute atomic E-state index is 12.7. The third-order valence-electron chi connectivity index (χ3n) is 3.13. The largest absolute Gasteiger partial charge is 0.296 e. The van der Waals surface area contributed by atoms with Crippen molar-refractivity contribution in [2.45, 2.75) is 9.79 Å². The molecule has 0 atom stereocenters. The van der Waals surface area contributed by atoms with Gasteiger partial charge in [-0.3, -0.25) is 4.55 Å². The molecule has 3 rings (SSSR count). The second kappa shape index (κ2) is 6.34. The molecule has 3 aromatic rings. The van der Waals surface area contributed by atoms with Crippen LogP contribution in [-0.4, -0.2) is 30.3 Å². The van der Waals surface area contributed by atoms with Crippen LogP contribution >= 0.6 is 24.0 Å². The number of halogens is 2. The Labute approximate surface area is 149 Å². The number of hydrogen-bond acceptors (Lipinski definition) is 5. The van der Waals surface area contributed by atoms with Crippen molar-refractivity contribution < 1.29 is 21.4 Å². The van der Waals surface area contributed by atoms with E-state index in [1.54, 1.807) is 6.07 Å². The lowest BCUT2D eigenvalue weighted by Gasteiger charge is -2.06. The van der Waals surface area contributed by atoms with E-state index in [0.29, 0.717) is 3.97 Å². The Morgan fingerprint density at radius 2 is 1.62 bits per heavy atom. The van der Waals surface area contributed by atoms with E-state index in [2.05, 4.69) is 4.98 Å². The standard InChI is InChI=1S/C13H9ClN2O5S2.ClH/c14-12-7-6-10-11(23(19,20)21)8-16(13(10)15-12)22(17,18)9-4-2-1-3-5-9;/h1-8H,(H,19,20,21);1H. The molecule has 0 aliphatic rings. The lowest BCUT2D eigenvalue weighted by Crippen LogP contribution is -2.12. The van der Waals surface area contributed by atoms with Crippen molar-refractivity contribution in [1.29, 1.82) is 0 Å². The number of pyridine rings is 1. The molecule has 0 aliphatic heterocycles. The van der Waals surface area contributed by atoms with Crippen LogP contribution in [-0.2, 0) is 20.1 Å². The topological polar surface area (TPSA) is 106 Å². The zero-order valence-corrected chi connectivity index (χ0v) is 14.9. The third-order valence-corrected chi connectivity index (χ3v) is 5.88. The number of rotatable bonds is 3. The van der Waals surface area contributed by atoms with Crippen LogP contribution in [0.1, 0.15) is 0 Å². The molecule has 0 amide bonds. The minimum Gasteiger partial charge on any atom is -0.282 e. The first-order valence-corrected chi connectivity index (χ1v) is 9.43. The fourth-order valence-electron chi connectivity index (χ4n) is 2.12. The van der Waals surface area contributed by atoms with E-state index < -0.39 is 25.0 Å². The first-order chi connectivity index (χ1) is 10.7. The average molecular weight is 409 g/mol. The highest BCUT2D eigenvalue weighted by Gasteiger charge is 2.26. The molecule has 7 nitrogen and oxygen atoms in total. The molecule has 128 valence electrons. The van der Waals surface area contributed by atoms with E-state index in [1.165, 1.54) is 36.4 Å². The summed E-state index contributed by atoms with van der Waals surface area (Å²) in [4.78, 5) is 3.26. The fraction of sp³-hybridized carbons (Fsp3) is 0. The molecule has 1 aromatic carbocycles. The Morgan fingerprint density at radius 3 is 2.21 bits per heavy atom. The normalized spacial score (nSPS) is 12.1. The van der Waals surface area contributed by atoms with Gasteiger partial charge in [0.15, 0.2) is 5.65 Å². The van der Waals surface area contributed by atoms with E-state index in [9.17, 15) is 21.4 Å². The zero-order chi connectivity index (χ0) is 16.8. The highest BCUT2D eigenvalue weighted by molar-refractivity contribution is 7.90. The monoisotopic (exact) mass is 408 g/mol. The first kappa shape index (κ1) is 18.7. The molecule has 0 saturated heterocycles. The number of aromatic nitrogens is 2. The smallest absolute Gasteiger partial charge is 0.282 e. The quantitative estimate of drug-likeness (QED) is 0.527. The van der Waals surface area contributed by atoms with Gasteiger partial charge in [-0.2, -0.15) is 8.42 Å². The molecular weight excluding hydrogens is 399 g/mol. The summed E-state index contributed by atoms with van der Waals surface area (Å²) < 4.78 is 58.4. The van der Waals surface area contributed by atoms with Crippen LogP contribution in [0.2, 0.25) is 5.15 Å². The van der Waals surface area contributed by atoms with Crippen LogP contribution in [0.4, 0.5) is 0 Å². The van der Waals surface area contributed by atoms with Crippen molar-refractivity contribution in [3.63, 3.8) is 0 Å². The summed E-state index contributed by atoms with van der Waals surface area (Å²) in [5.41, 5.74) is -0.186. The van der Waals surface area contributed by atoms with Gasteiger partial charge in [0.05, 0.1) is 4.90 Å². The van der Waals surface area contributed by atoms with Gasteiger partial charge in [-0.05, 0) is 24.3 Å². The SMILES string of the molecule is Cl.O=S(=O)(O)c1cn(S(=O)(=O)c2ccccc2)c2nc(Cl)ccc12. The maximum Gasteiger partial charge on any atom is 0.296 e. The van der Waals surface area contributed by atoms with Crippen LogP contribution in [0.25, 0.3) is 11.0 Å². The lowest BCUT2D eigenvalue weighted by molar-refractivity contribution is 0.484. The zero-order valence-electron chi connectivity index (χ0n) is 11.7. The molecule has 0 aliphatic carbocycles. The summed E-state index contributed by atoms with van der Waals surface area (Å²) in [5, 5.41) is -0.0570. The van der Waals surface area contributed by atoms with Gasteiger partial charge >= 0.3 is 0 Å². The molecule has 0 fully saturated rings. The highest BCUT2D eigenvalue weighted by atomic mass is 35.5. The van der Waals surface area contributed by atoms with Crippen LogP contribution < -0.4 is 0 Å². The predicted molar refractivity (Wildman–Crippen MR) is 90.8 cm³/mol. The Morgan fingerprint density at radius 1 is 1.00 bits per heavy atom. The van der Waals surface area contributed by atoms with Crippen LogP contribution in [0.5, 0.6) is 0 Å². The summed E-state index contributed by atoms with van der Waals surface area (Å²) in [6.07, 6.45) is 0.811. The second-order valence-corrected chi connectivity index (χ2v) is 8.18. The van der Waals surface area contributed by atoms with Crippen molar-refractivity contribution in [2.75, 3.05) is 0 Å². The average Bonchev–Trinajstić information content (AvgIpc) is 2.87. The van der Waals surface area contributed by atoms with E-state index in [0.717, 1.165) is 6.20 Å². The van der Waals surface area contributed by atoms with Gasteiger partial charge < -0.3 is 0 Å². The van der Waals surface area contributed by atoms with E-state index in [4.69, 9.17) is 11.6 Å².